The van der Waals surface area contributed by atoms with E-state index >= 15 is 0 Å². The number of nitrogens with zero attached hydrogens (tertiary/aromatic N) is 2. The van der Waals surface area contributed by atoms with Gasteiger partial charge in [-0.25, -0.2) is 0 Å². The number of hydrogen-bond acceptors (Lipinski definition) is 4. The number of rotatable bonds is 5. The Labute approximate surface area is 137 Å². The number of benzene rings is 1. The molecule has 0 amide bonds. The summed E-state index contributed by atoms with van der Waals surface area (Å²) in [5.41, 5.74) is 7.16. The van der Waals surface area contributed by atoms with Gasteiger partial charge in [0.25, 0.3) is 5.56 Å². The Bertz CT molecular complexity index is 754. The van der Waals surface area contributed by atoms with Gasteiger partial charge in [0.05, 0.1) is 12.8 Å². The largest absolute Gasteiger partial charge is 0.493 e. The number of ether oxygens (including phenoxy) is 1. The molecule has 1 aromatic heterocycles. The van der Waals surface area contributed by atoms with Gasteiger partial charge in [-0.15, -0.1) is 0 Å². The Balaban J connectivity index is 2.38. The molecule has 116 valence electrons. The monoisotopic (exact) mass is 363 g/mol. The molecule has 22 heavy (non-hydrogen) atoms. The number of aromatic nitrogens is 1. The van der Waals surface area contributed by atoms with Crippen LogP contribution < -0.4 is 16.0 Å². The van der Waals surface area contributed by atoms with E-state index in [2.05, 4.69) is 21.0 Å². The van der Waals surface area contributed by atoms with Crippen LogP contribution in [0.15, 0.2) is 44.7 Å². The molecule has 0 fully saturated rings. The van der Waals surface area contributed by atoms with Crippen LogP contribution in [0.5, 0.6) is 5.75 Å². The second kappa shape index (κ2) is 7.26. The van der Waals surface area contributed by atoms with Gasteiger partial charge in [-0.2, -0.15) is 9.78 Å². The molecular weight excluding hydrogens is 346 g/mol. The van der Waals surface area contributed by atoms with Crippen LogP contribution in [-0.2, 0) is 0 Å². The van der Waals surface area contributed by atoms with Crippen LogP contribution in [0.2, 0.25) is 0 Å². The predicted molar refractivity (Wildman–Crippen MR) is 92.8 cm³/mol. The molecule has 0 radical (unpaired) electrons. The van der Waals surface area contributed by atoms with Crippen molar-refractivity contribution in [2.45, 2.75) is 20.3 Å². The summed E-state index contributed by atoms with van der Waals surface area (Å²) in [4.78, 5) is 11.9. The first-order valence-corrected chi connectivity index (χ1v) is 7.76. The molecule has 0 atom stereocenters. The summed E-state index contributed by atoms with van der Waals surface area (Å²) in [6.07, 6.45) is 2.49. The summed E-state index contributed by atoms with van der Waals surface area (Å²) < 4.78 is 7.75. The summed E-state index contributed by atoms with van der Waals surface area (Å²) in [7, 11) is 0. The van der Waals surface area contributed by atoms with Gasteiger partial charge in [0.2, 0.25) is 0 Å². The van der Waals surface area contributed by atoms with Crippen molar-refractivity contribution in [2.24, 2.45) is 5.10 Å². The van der Waals surface area contributed by atoms with E-state index in [1.54, 1.807) is 12.3 Å². The first-order valence-electron chi connectivity index (χ1n) is 6.97. The number of nitrogens with two attached hydrogens (primary N) is 1. The fourth-order valence-electron chi connectivity index (χ4n) is 1.93. The summed E-state index contributed by atoms with van der Waals surface area (Å²) in [5, 5.41) is 4.18. The van der Waals surface area contributed by atoms with Crippen LogP contribution >= 0.6 is 15.9 Å². The molecule has 1 heterocycles. The van der Waals surface area contributed by atoms with E-state index in [9.17, 15) is 4.79 Å². The van der Waals surface area contributed by atoms with Gasteiger partial charge in [0.1, 0.15) is 11.6 Å². The predicted octanol–water partition coefficient (Wildman–Crippen LogP) is 3.17. The minimum Gasteiger partial charge on any atom is -0.493 e. The lowest BCUT2D eigenvalue weighted by Crippen LogP contribution is -2.19. The van der Waals surface area contributed by atoms with Gasteiger partial charge in [-0.3, -0.25) is 4.79 Å². The van der Waals surface area contributed by atoms with E-state index in [0.717, 1.165) is 26.7 Å². The number of halogens is 1. The molecule has 0 aliphatic carbocycles. The highest BCUT2D eigenvalue weighted by Gasteiger charge is 2.04. The quantitative estimate of drug-likeness (QED) is 0.829. The van der Waals surface area contributed by atoms with Crippen LogP contribution in [-0.4, -0.2) is 17.5 Å². The van der Waals surface area contributed by atoms with Crippen LogP contribution in [0.25, 0.3) is 0 Å². The van der Waals surface area contributed by atoms with E-state index in [4.69, 9.17) is 10.5 Å². The van der Waals surface area contributed by atoms with E-state index in [1.165, 1.54) is 6.07 Å². The summed E-state index contributed by atoms with van der Waals surface area (Å²) in [5.74, 6) is 1.01. The molecule has 2 aromatic rings. The molecule has 6 heteroatoms. The lowest BCUT2D eigenvalue weighted by Gasteiger charge is -2.09. The van der Waals surface area contributed by atoms with Crippen LogP contribution in [0.3, 0.4) is 0 Å². The molecule has 0 aliphatic rings. The number of pyridine rings is 1. The Morgan fingerprint density at radius 2 is 2.14 bits per heavy atom. The lowest BCUT2D eigenvalue weighted by atomic mass is 10.2. The highest BCUT2D eigenvalue weighted by Crippen LogP contribution is 2.22. The minimum atomic E-state index is -0.264. The lowest BCUT2D eigenvalue weighted by molar-refractivity contribution is 0.317. The second-order valence-electron chi connectivity index (χ2n) is 4.88. The van der Waals surface area contributed by atoms with Gasteiger partial charge in [-0.05, 0) is 43.2 Å². The van der Waals surface area contributed by atoms with Crippen LogP contribution in [0.4, 0.5) is 5.82 Å². The van der Waals surface area contributed by atoms with Crippen molar-refractivity contribution in [2.75, 3.05) is 12.3 Å². The third-order valence-electron chi connectivity index (χ3n) is 2.93. The molecule has 2 rings (SSSR count). The number of aryl methyl sites for hydroxylation is 1. The highest BCUT2D eigenvalue weighted by molar-refractivity contribution is 9.10. The molecule has 0 saturated carbocycles. The molecule has 1 aromatic carbocycles. The fraction of sp³-hybridized carbons (Fsp3) is 0.250. The van der Waals surface area contributed by atoms with Crippen molar-refractivity contribution in [3.05, 3.63) is 56.3 Å². The SMILES string of the molecule is CCCOc1ccc(Br)cc1/C=N\n1c(N)cc(C)cc1=O. The molecule has 2 N–H and O–H groups in total. The average molecular weight is 364 g/mol. The Kier molecular flexibility index (Phi) is 5.38. The first-order chi connectivity index (χ1) is 10.5. The van der Waals surface area contributed by atoms with Crippen molar-refractivity contribution in [1.82, 2.24) is 4.68 Å². The topological polar surface area (TPSA) is 69.6 Å². The van der Waals surface area contributed by atoms with Crippen molar-refractivity contribution in [3.63, 3.8) is 0 Å². The van der Waals surface area contributed by atoms with Gasteiger partial charge in [-0.1, -0.05) is 22.9 Å². The maximum Gasteiger partial charge on any atom is 0.273 e. The van der Waals surface area contributed by atoms with E-state index < -0.39 is 0 Å². The summed E-state index contributed by atoms with van der Waals surface area (Å²) >= 11 is 3.42. The van der Waals surface area contributed by atoms with Crippen molar-refractivity contribution >= 4 is 28.0 Å². The zero-order chi connectivity index (χ0) is 16.1. The average Bonchev–Trinajstić information content (AvgIpc) is 2.45. The molecule has 0 saturated heterocycles. The normalized spacial score (nSPS) is 11.0. The van der Waals surface area contributed by atoms with Crippen molar-refractivity contribution < 1.29 is 4.74 Å². The molecule has 0 aliphatic heterocycles. The van der Waals surface area contributed by atoms with Gasteiger partial charge >= 0.3 is 0 Å². The maximum absolute atomic E-state index is 11.9. The van der Waals surface area contributed by atoms with Gasteiger partial charge in [0, 0.05) is 16.1 Å². The second-order valence-corrected chi connectivity index (χ2v) is 5.80. The van der Waals surface area contributed by atoms with Crippen LogP contribution in [0.1, 0.15) is 24.5 Å². The molecule has 0 spiro atoms. The number of nitrogen functional groups attached to an aromatic ring is 1. The zero-order valence-electron chi connectivity index (χ0n) is 12.5. The third kappa shape index (κ3) is 3.98. The smallest absolute Gasteiger partial charge is 0.273 e. The van der Waals surface area contributed by atoms with E-state index in [1.807, 2.05) is 32.0 Å². The molecule has 0 bridgehead atoms. The standard InChI is InChI=1S/C16H18BrN3O2/c1-3-6-22-14-5-4-13(17)9-12(14)10-19-20-15(18)7-11(2)8-16(20)21/h4-5,7-10H,3,6,18H2,1-2H3/b19-10-. The first kappa shape index (κ1) is 16.3. The van der Waals surface area contributed by atoms with E-state index in [0.29, 0.717) is 18.2 Å². The number of anilines is 1. The maximum atomic E-state index is 11.9. The fourth-order valence-corrected chi connectivity index (χ4v) is 2.31. The highest BCUT2D eigenvalue weighted by atomic mass is 79.9. The molecule has 5 nitrogen and oxygen atoms in total. The third-order valence-corrected chi connectivity index (χ3v) is 3.42. The summed E-state index contributed by atoms with van der Waals surface area (Å²) in [6.45, 7) is 4.48. The summed E-state index contributed by atoms with van der Waals surface area (Å²) in [6, 6.07) is 8.83. The molecular formula is C16H18BrN3O2. The molecule has 0 unspecified atom stereocenters. The van der Waals surface area contributed by atoms with Crippen molar-refractivity contribution in [3.8, 4) is 5.75 Å². The van der Waals surface area contributed by atoms with E-state index in [-0.39, 0.29) is 5.56 Å². The Morgan fingerprint density at radius 1 is 1.36 bits per heavy atom. The van der Waals surface area contributed by atoms with Gasteiger partial charge < -0.3 is 10.5 Å². The minimum absolute atomic E-state index is 0.264. The van der Waals surface area contributed by atoms with Gasteiger partial charge in [0.15, 0.2) is 0 Å². The van der Waals surface area contributed by atoms with Crippen LogP contribution in [0, 0.1) is 6.92 Å². The number of hydrogen-bond donors (Lipinski definition) is 1. The Hall–Kier alpha value is -2.08. The van der Waals surface area contributed by atoms with Crippen molar-refractivity contribution in [1.29, 1.82) is 0 Å². The Morgan fingerprint density at radius 3 is 2.82 bits per heavy atom. The zero-order valence-corrected chi connectivity index (χ0v) is 14.1.